The van der Waals surface area contributed by atoms with Crippen LogP contribution < -0.4 is 10.6 Å². The molecule has 2 N–H and O–H groups in total. The van der Waals surface area contributed by atoms with Gasteiger partial charge in [0.1, 0.15) is 0 Å². The standard InChI is InChI=1S/C23H32N2O3.C2H6/c1-8-23(6,7)14-20(26)28-22(27)21(19-12-10-9-11-13-19)25-17(4)15-24-18(5)16(2)3;1-2/h9-13,21,24-25H,2,4-5,8,14-15H2,1,3,6-7H3;1-2H3. The first kappa shape index (κ1) is 27.2. The van der Waals surface area contributed by atoms with Gasteiger partial charge in [-0.15, -0.1) is 0 Å². The number of rotatable bonds is 11. The molecule has 1 atom stereocenters. The fourth-order valence-corrected chi connectivity index (χ4v) is 2.27. The zero-order chi connectivity index (χ0) is 23.3. The molecule has 0 saturated carbocycles. The van der Waals surface area contributed by atoms with Crippen LogP contribution in [0.1, 0.15) is 66.0 Å². The largest absolute Gasteiger partial charge is 0.391 e. The van der Waals surface area contributed by atoms with Crippen molar-refractivity contribution in [2.45, 2.75) is 60.4 Å². The van der Waals surface area contributed by atoms with Gasteiger partial charge < -0.3 is 15.4 Å². The van der Waals surface area contributed by atoms with Crippen LogP contribution in [0.15, 0.2) is 67.0 Å². The van der Waals surface area contributed by atoms with Crippen molar-refractivity contribution in [3.63, 3.8) is 0 Å². The summed E-state index contributed by atoms with van der Waals surface area (Å²) in [5.74, 6) is -1.18. The Balaban J connectivity index is 0.00000407. The van der Waals surface area contributed by atoms with Crippen LogP contribution in [0.4, 0.5) is 0 Å². The third kappa shape index (κ3) is 10.1. The second-order valence-electron chi connectivity index (χ2n) is 7.69. The number of benzene rings is 1. The lowest BCUT2D eigenvalue weighted by atomic mass is 9.87. The van der Waals surface area contributed by atoms with Gasteiger partial charge >= 0.3 is 11.9 Å². The maximum absolute atomic E-state index is 12.7. The van der Waals surface area contributed by atoms with Crippen molar-refractivity contribution < 1.29 is 14.3 Å². The van der Waals surface area contributed by atoms with Gasteiger partial charge in [-0.2, -0.15) is 0 Å². The van der Waals surface area contributed by atoms with Crippen molar-refractivity contribution in [1.29, 1.82) is 0 Å². The summed E-state index contributed by atoms with van der Waals surface area (Å²) in [6.45, 7) is 23.8. The Labute approximate surface area is 182 Å². The fraction of sp³-hybridized carbons (Fsp3) is 0.440. The van der Waals surface area contributed by atoms with Gasteiger partial charge in [0.05, 0.1) is 13.0 Å². The molecular formula is C25H38N2O3. The van der Waals surface area contributed by atoms with Crippen LogP contribution in [0.25, 0.3) is 0 Å². The number of hydrogen-bond donors (Lipinski definition) is 2. The lowest BCUT2D eigenvalue weighted by Gasteiger charge is -2.23. The van der Waals surface area contributed by atoms with Gasteiger partial charge in [-0.05, 0) is 23.5 Å². The minimum atomic E-state index is -0.831. The second kappa shape index (κ2) is 13.4. The molecular weight excluding hydrogens is 376 g/mol. The Bertz CT molecular complexity index is 736. The average molecular weight is 415 g/mol. The van der Waals surface area contributed by atoms with Crippen LogP contribution in [0.2, 0.25) is 0 Å². The SMILES string of the molecule is C=C(CNC(=C)C(=C)C)NC(C(=O)OC(=O)CC(C)(C)CC)c1ccccc1.CC. The highest BCUT2D eigenvalue weighted by molar-refractivity contribution is 5.89. The molecule has 0 saturated heterocycles. The van der Waals surface area contributed by atoms with Crippen molar-refractivity contribution >= 4 is 11.9 Å². The summed E-state index contributed by atoms with van der Waals surface area (Å²) in [5.41, 5.74) is 2.54. The molecule has 0 aliphatic carbocycles. The van der Waals surface area contributed by atoms with E-state index < -0.39 is 18.0 Å². The minimum absolute atomic E-state index is 0.178. The van der Waals surface area contributed by atoms with Crippen LogP contribution in [-0.2, 0) is 14.3 Å². The summed E-state index contributed by atoms with van der Waals surface area (Å²) in [4.78, 5) is 24.9. The predicted octanol–water partition coefficient (Wildman–Crippen LogP) is 5.43. The predicted molar refractivity (Wildman–Crippen MR) is 125 cm³/mol. The molecule has 5 heteroatoms. The van der Waals surface area contributed by atoms with Crippen LogP contribution >= 0.6 is 0 Å². The van der Waals surface area contributed by atoms with Crippen molar-refractivity contribution in [2.24, 2.45) is 5.41 Å². The van der Waals surface area contributed by atoms with Crippen LogP contribution in [-0.4, -0.2) is 18.5 Å². The van der Waals surface area contributed by atoms with Crippen molar-refractivity contribution in [1.82, 2.24) is 10.6 Å². The summed E-state index contributed by atoms with van der Waals surface area (Å²) in [5, 5.41) is 6.14. The molecule has 1 rings (SSSR count). The highest BCUT2D eigenvalue weighted by atomic mass is 16.6. The molecule has 0 aromatic heterocycles. The monoisotopic (exact) mass is 414 g/mol. The van der Waals surface area contributed by atoms with Gasteiger partial charge in [0.2, 0.25) is 0 Å². The number of ether oxygens (including phenoxy) is 1. The number of carbonyl (C=O) groups is 2. The van der Waals surface area contributed by atoms with E-state index in [0.717, 1.165) is 12.0 Å². The maximum Gasteiger partial charge on any atom is 0.340 e. The third-order valence-electron chi connectivity index (χ3n) is 4.54. The van der Waals surface area contributed by atoms with Crippen LogP contribution in [0, 0.1) is 5.41 Å². The van der Waals surface area contributed by atoms with Gasteiger partial charge in [0.25, 0.3) is 0 Å². The quantitative estimate of drug-likeness (QED) is 0.287. The molecule has 0 aliphatic rings. The molecule has 0 aliphatic heterocycles. The Kier molecular flexibility index (Phi) is 12.2. The van der Waals surface area contributed by atoms with E-state index in [4.69, 9.17) is 4.74 Å². The first-order chi connectivity index (χ1) is 14.1. The molecule has 166 valence electrons. The minimum Gasteiger partial charge on any atom is -0.391 e. The van der Waals surface area contributed by atoms with Gasteiger partial charge in [0, 0.05) is 11.4 Å². The molecule has 30 heavy (non-hydrogen) atoms. The molecule has 1 aromatic rings. The molecule has 1 aromatic carbocycles. The summed E-state index contributed by atoms with van der Waals surface area (Å²) in [6.07, 6.45) is 0.990. The molecule has 0 fully saturated rings. The number of esters is 2. The Morgan fingerprint density at radius 3 is 2.17 bits per heavy atom. The molecule has 0 bridgehead atoms. The van der Waals surface area contributed by atoms with E-state index in [1.165, 1.54) is 0 Å². The molecule has 0 amide bonds. The third-order valence-corrected chi connectivity index (χ3v) is 4.54. The number of allylic oxidation sites excluding steroid dienone is 1. The first-order valence-corrected chi connectivity index (χ1v) is 10.4. The zero-order valence-electron chi connectivity index (χ0n) is 19.4. The van der Waals surface area contributed by atoms with Gasteiger partial charge in [-0.3, -0.25) is 4.79 Å². The highest BCUT2D eigenvalue weighted by Crippen LogP contribution is 2.25. The van der Waals surface area contributed by atoms with Crippen LogP contribution in [0.3, 0.4) is 0 Å². The molecule has 5 nitrogen and oxygen atoms in total. The number of nitrogens with one attached hydrogen (secondary N) is 2. The van der Waals surface area contributed by atoms with Gasteiger partial charge in [-0.25, -0.2) is 4.79 Å². The van der Waals surface area contributed by atoms with E-state index in [1.54, 1.807) is 12.1 Å². The van der Waals surface area contributed by atoms with E-state index in [2.05, 4.69) is 30.4 Å². The molecule has 0 heterocycles. The first-order valence-electron chi connectivity index (χ1n) is 10.4. The fourth-order valence-electron chi connectivity index (χ4n) is 2.27. The van der Waals surface area contributed by atoms with E-state index in [-0.39, 0.29) is 11.8 Å². The summed E-state index contributed by atoms with van der Waals surface area (Å²) in [7, 11) is 0. The van der Waals surface area contributed by atoms with E-state index in [9.17, 15) is 9.59 Å². The van der Waals surface area contributed by atoms with Gasteiger partial charge in [-0.1, -0.05) is 91.1 Å². The molecule has 1 unspecified atom stereocenters. The maximum atomic E-state index is 12.7. The van der Waals surface area contributed by atoms with Crippen molar-refractivity contribution in [3.8, 4) is 0 Å². The van der Waals surface area contributed by atoms with Crippen LogP contribution in [0.5, 0.6) is 0 Å². The Morgan fingerprint density at radius 2 is 1.67 bits per heavy atom. The zero-order valence-corrected chi connectivity index (χ0v) is 19.4. The van der Waals surface area contributed by atoms with Crippen molar-refractivity contribution in [2.75, 3.05) is 6.54 Å². The van der Waals surface area contributed by atoms with Crippen molar-refractivity contribution in [3.05, 3.63) is 72.6 Å². The molecule has 0 radical (unpaired) electrons. The Hall–Kier alpha value is -2.82. The lowest BCUT2D eigenvalue weighted by molar-refractivity contribution is -0.162. The second-order valence-corrected chi connectivity index (χ2v) is 7.69. The molecule has 0 spiro atoms. The summed E-state index contributed by atoms with van der Waals surface area (Å²) < 4.78 is 5.14. The summed E-state index contributed by atoms with van der Waals surface area (Å²) >= 11 is 0. The average Bonchev–Trinajstić information content (AvgIpc) is 2.71. The Morgan fingerprint density at radius 1 is 1.10 bits per heavy atom. The number of carbonyl (C=O) groups excluding carboxylic acids is 2. The van der Waals surface area contributed by atoms with E-state index in [0.29, 0.717) is 23.5 Å². The number of hydrogen-bond acceptors (Lipinski definition) is 5. The lowest BCUT2D eigenvalue weighted by Crippen LogP contribution is -2.34. The van der Waals surface area contributed by atoms with E-state index >= 15 is 0 Å². The van der Waals surface area contributed by atoms with E-state index in [1.807, 2.05) is 59.7 Å². The highest BCUT2D eigenvalue weighted by Gasteiger charge is 2.28. The summed E-state index contributed by atoms with van der Waals surface area (Å²) in [6, 6.07) is 8.27. The normalized spacial score (nSPS) is 11.3. The topological polar surface area (TPSA) is 67.4 Å². The van der Waals surface area contributed by atoms with Gasteiger partial charge in [0.15, 0.2) is 6.04 Å². The smallest absolute Gasteiger partial charge is 0.340 e.